The average Bonchev–Trinajstić information content (AvgIpc) is 2.45. The van der Waals surface area contributed by atoms with Crippen LogP contribution < -0.4 is 10.6 Å². The molecule has 3 nitrogen and oxygen atoms in total. The zero-order valence-electron chi connectivity index (χ0n) is 12.7. The molecule has 2 N–H and O–H groups in total. The van der Waals surface area contributed by atoms with Crippen LogP contribution in [0.3, 0.4) is 0 Å². The third-order valence-corrected chi connectivity index (χ3v) is 3.93. The van der Waals surface area contributed by atoms with E-state index in [0.717, 1.165) is 45.2 Å². The Morgan fingerprint density at radius 2 is 1.76 bits per heavy atom. The number of unbranched alkanes of at least 4 members (excludes halogenated alkanes) is 2. The molecule has 0 bridgehead atoms. The van der Waals surface area contributed by atoms with Crippen molar-refractivity contribution < 1.29 is 4.79 Å². The Kier molecular flexibility index (Phi) is 13.1. The molecule has 0 aromatic heterocycles. The summed E-state index contributed by atoms with van der Waals surface area (Å²) in [5, 5.41) is 6.02. The van der Waals surface area contributed by atoms with Gasteiger partial charge in [0.2, 0.25) is 5.91 Å². The van der Waals surface area contributed by atoms with Crippen LogP contribution in [-0.4, -0.2) is 26.0 Å². The van der Waals surface area contributed by atoms with Crippen molar-refractivity contribution in [2.75, 3.05) is 20.1 Å². The second kappa shape index (κ2) is 13.3. The van der Waals surface area contributed by atoms with Crippen molar-refractivity contribution in [2.24, 2.45) is 0 Å². The summed E-state index contributed by atoms with van der Waals surface area (Å²) in [6.45, 7) is 1.73. The van der Waals surface area contributed by atoms with Gasteiger partial charge in [-0.05, 0) is 79.6 Å². The van der Waals surface area contributed by atoms with Crippen molar-refractivity contribution in [1.29, 1.82) is 0 Å². The molecule has 0 atom stereocenters. The van der Waals surface area contributed by atoms with Crippen molar-refractivity contribution in [2.45, 2.75) is 38.5 Å². The van der Waals surface area contributed by atoms with Crippen molar-refractivity contribution >= 4 is 40.9 Å². The maximum atomic E-state index is 11.5. The third kappa shape index (κ3) is 11.0. The minimum Gasteiger partial charge on any atom is -0.356 e. The van der Waals surface area contributed by atoms with E-state index in [1.165, 1.54) is 9.13 Å². The van der Waals surface area contributed by atoms with E-state index in [1.807, 2.05) is 7.05 Å². The fourth-order valence-corrected chi connectivity index (χ4v) is 2.38. The van der Waals surface area contributed by atoms with Gasteiger partial charge in [0, 0.05) is 16.5 Å². The standard InChI is InChI=1S/C16H25IN2O.ClH/c1-18-12-5-13-19-16(20)7-4-2-3-6-14-8-10-15(17)11-9-14;/h8-11,18H,2-7,12-13H2,1H3,(H,19,20);1H. The lowest BCUT2D eigenvalue weighted by atomic mass is 10.1. The molecule has 0 saturated heterocycles. The van der Waals surface area contributed by atoms with Crippen LogP contribution in [0.2, 0.25) is 0 Å². The van der Waals surface area contributed by atoms with Crippen molar-refractivity contribution in [3.63, 3.8) is 0 Å². The van der Waals surface area contributed by atoms with Crippen LogP contribution in [0.1, 0.15) is 37.7 Å². The van der Waals surface area contributed by atoms with Crippen molar-refractivity contribution in [3.05, 3.63) is 33.4 Å². The molecule has 1 rings (SSSR count). The second-order valence-corrected chi connectivity index (χ2v) is 6.24. The summed E-state index contributed by atoms with van der Waals surface area (Å²) in [5.41, 5.74) is 1.39. The molecule has 0 aliphatic rings. The van der Waals surface area contributed by atoms with Crippen LogP contribution in [0.5, 0.6) is 0 Å². The van der Waals surface area contributed by atoms with E-state index in [0.29, 0.717) is 6.42 Å². The summed E-state index contributed by atoms with van der Waals surface area (Å²) in [6, 6.07) is 8.68. The first kappa shape index (κ1) is 20.7. The number of nitrogens with one attached hydrogen (secondary N) is 2. The number of hydrogen-bond donors (Lipinski definition) is 2. The zero-order valence-corrected chi connectivity index (χ0v) is 15.6. The lowest BCUT2D eigenvalue weighted by Crippen LogP contribution is -2.26. The normalized spacial score (nSPS) is 10.0. The number of carbonyl (C=O) groups is 1. The summed E-state index contributed by atoms with van der Waals surface area (Å²) in [5.74, 6) is 0.190. The number of rotatable bonds is 10. The monoisotopic (exact) mass is 424 g/mol. The number of carbonyl (C=O) groups excluding carboxylic acids is 1. The van der Waals surface area contributed by atoms with Crippen LogP contribution in [-0.2, 0) is 11.2 Å². The van der Waals surface area contributed by atoms with Gasteiger partial charge in [0.25, 0.3) is 0 Å². The average molecular weight is 425 g/mol. The highest BCUT2D eigenvalue weighted by atomic mass is 127. The number of aryl methyl sites for hydroxylation is 1. The Morgan fingerprint density at radius 1 is 1.05 bits per heavy atom. The van der Waals surface area contributed by atoms with E-state index in [4.69, 9.17) is 0 Å². The van der Waals surface area contributed by atoms with Crippen LogP contribution in [0, 0.1) is 3.57 Å². The fraction of sp³-hybridized carbons (Fsp3) is 0.562. The molecular formula is C16H26ClIN2O. The summed E-state index contributed by atoms with van der Waals surface area (Å²) in [4.78, 5) is 11.5. The molecule has 0 unspecified atom stereocenters. The molecule has 1 amide bonds. The molecule has 120 valence electrons. The summed E-state index contributed by atoms with van der Waals surface area (Å²) >= 11 is 2.32. The number of halogens is 2. The predicted octanol–water partition coefficient (Wildman–Crippen LogP) is 3.54. The largest absolute Gasteiger partial charge is 0.356 e. The Bertz CT molecular complexity index is 384. The van der Waals surface area contributed by atoms with Crippen LogP contribution in [0.4, 0.5) is 0 Å². The second-order valence-electron chi connectivity index (χ2n) is 4.99. The van der Waals surface area contributed by atoms with Gasteiger partial charge in [-0.3, -0.25) is 4.79 Å². The maximum Gasteiger partial charge on any atom is 0.219 e. The zero-order chi connectivity index (χ0) is 14.6. The molecule has 0 heterocycles. The van der Waals surface area contributed by atoms with Crippen molar-refractivity contribution in [3.8, 4) is 0 Å². The van der Waals surface area contributed by atoms with Gasteiger partial charge < -0.3 is 10.6 Å². The minimum absolute atomic E-state index is 0. The Morgan fingerprint density at radius 3 is 2.43 bits per heavy atom. The molecule has 0 radical (unpaired) electrons. The van der Waals surface area contributed by atoms with Gasteiger partial charge in [0.05, 0.1) is 0 Å². The highest BCUT2D eigenvalue weighted by Crippen LogP contribution is 2.10. The molecule has 21 heavy (non-hydrogen) atoms. The highest BCUT2D eigenvalue weighted by Gasteiger charge is 2.00. The summed E-state index contributed by atoms with van der Waals surface area (Å²) < 4.78 is 1.28. The Hall–Kier alpha value is -0.330. The van der Waals surface area contributed by atoms with Gasteiger partial charge in [0.1, 0.15) is 0 Å². The van der Waals surface area contributed by atoms with E-state index in [-0.39, 0.29) is 18.3 Å². The van der Waals surface area contributed by atoms with Crippen LogP contribution in [0.25, 0.3) is 0 Å². The Labute approximate surface area is 148 Å². The lowest BCUT2D eigenvalue weighted by molar-refractivity contribution is -0.121. The molecule has 5 heteroatoms. The predicted molar refractivity (Wildman–Crippen MR) is 100 cm³/mol. The van der Waals surface area contributed by atoms with Gasteiger partial charge in [-0.1, -0.05) is 18.6 Å². The molecule has 1 aromatic carbocycles. The quantitative estimate of drug-likeness (QED) is 0.445. The third-order valence-electron chi connectivity index (χ3n) is 3.21. The minimum atomic E-state index is 0. The van der Waals surface area contributed by atoms with E-state index in [1.54, 1.807) is 0 Å². The first-order valence-electron chi connectivity index (χ1n) is 7.38. The molecule has 0 spiro atoms. The van der Waals surface area contributed by atoms with E-state index >= 15 is 0 Å². The molecule has 0 saturated carbocycles. The number of amides is 1. The van der Waals surface area contributed by atoms with Gasteiger partial charge in [-0.15, -0.1) is 12.4 Å². The van der Waals surface area contributed by atoms with Gasteiger partial charge in [0.15, 0.2) is 0 Å². The SMILES string of the molecule is CNCCCNC(=O)CCCCCc1ccc(I)cc1.Cl. The van der Waals surface area contributed by atoms with Gasteiger partial charge in [-0.25, -0.2) is 0 Å². The lowest BCUT2D eigenvalue weighted by Gasteiger charge is -2.05. The van der Waals surface area contributed by atoms with E-state index < -0.39 is 0 Å². The van der Waals surface area contributed by atoms with E-state index in [9.17, 15) is 4.79 Å². The Balaban J connectivity index is 0.00000400. The number of benzene rings is 1. The molecule has 0 fully saturated rings. The van der Waals surface area contributed by atoms with E-state index in [2.05, 4.69) is 57.5 Å². The smallest absolute Gasteiger partial charge is 0.219 e. The summed E-state index contributed by atoms with van der Waals surface area (Å²) in [6.07, 6.45) is 6.04. The summed E-state index contributed by atoms with van der Waals surface area (Å²) in [7, 11) is 1.93. The fourth-order valence-electron chi connectivity index (χ4n) is 2.02. The van der Waals surface area contributed by atoms with Gasteiger partial charge >= 0.3 is 0 Å². The first-order chi connectivity index (χ1) is 9.72. The first-order valence-corrected chi connectivity index (χ1v) is 8.46. The van der Waals surface area contributed by atoms with Crippen LogP contribution >= 0.6 is 35.0 Å². The van der Waals surface area contributed by atoms with Gasteiger partial charge in [-0.2, -0.15) is 0 Å². The van der Waals surface area contributed by atoms with Crippen molar-refractivity contribution in [1.82, 2.24) is 10.6 Å². The molecule has 0 aliphatic heterocycles. The maximum absolute atomic E-state index is 11.5. The highest BCUT2D eigenvalue weighted by molar-refractivity contribution is 14.1. The molecular weight excluding hydrogens is 399 g/mol. The van der Waals surface area contributed by atoms with Crippen LogP contribution in [0.15, 0.2) is 24.3 Å². The molecule has 1 aromatic rings. The topological polar surface area (TPSA) is 41.1 Å². The number of hydrogen-bond acceptors (Lipinski definition) is 2. The molecule has 0 aliphatic carbocycles.